The van der Waals surface area contributed by atoms with Crippen LogP contribution >= 0.6 is 0 Å². The Morgan fingerprint density at radius 1 is 1.13 bits per heavy atom. The zero-order chi connectivity index (χ0) is 27.9. The number of halogens is 2. The molecule has 2 aliphatic rings. The number of hydrogen-bond acceptors (Lipinski definition) is 10. The predicted molar refractivity (Wildman–Crippen MR) is 129 cm³/mol. The predicted octanol–water partition coefficient (Wildman–Crippen LogP) is -0.512. The van der Waals surface area contributed by atoms with Crippen LogP contribution in [-0.4, -0.2) is 108 Å². The number of carbonyl (C=O) groups is 4. The molecule has 1 aromatic heterocycles. The number of carbonyl (C=O) groups excluding carboxylic acids is 4. The first-order chi connectivity index (χ1) is 18.7. The third kappa shape index (κ3) is 6.85. The van der Waals surface area contributed by atoms with Crippen molar-refractivity contribution >= 4 is 35.4 Å². The monoisotopic (exact) mass is 551 g/mol. The van der Waals surface area contributed by atoms with Crippen molar-refractivity contribution in [3.8, 4) is 0 Å². The van der Waals surface area contributed by atoms with E-state index in [0.29, 0.717) is 0 Å². The van der Waals surface area contributed by atoms with Gasteiger partial charge < -0.3 is 29.9 Å². The molecule has 4 amide bonds. The SMILES string of the molecule is COC(=O)NC[C@H]1CN(c2cc(F)c(N3CCN(C(=O)CNC(=O)CCn4cnnn4)CC3)c(F)c2)C(=O)O1. The molecule has 210 valence electrons. The molecule has 0 bridgehead atoms. The number of aryl methyl sites for hydroxylation is 1. The van der Waals surface area contributed by atoms with Gasteiger partial charge in [0.25, 0.3) is 0 Å². The number of cyclic esters (lactones) is 1. The zero-order valence-corrected chi connectivity index (χ0v) is 21.0. The summed E-state index contributed by atoms with van der Waals surface area (Å²) < 4.78 is 41.1. The quantitative estimate of drug-likeness (QED) is 0.415. The summed E-state index contributed by atoms with van der Waals surface area (Å²) >= 11 is 0. The van der Waals surface area contributed by atoms with Crippen molar-refractivity contribution in [1.29, 1.82) is 0 Å². The second kappa shape index (κ2) is 12.3. The van der Waals surface area contributed by atoms with Crippen LogP contribution in [0.2, 0.25) is 0 Å². The van der Waals surface area contributed by atoms with Gasteiger partial charge in [0.05, 0.1) is 39.0 Å². The lowest BCUT2D eigenvalue weighted by Crippen LogP contribution is -2.51. The number of benzene rings is 1. The third-order valence-electron chi connectivity index (χ3n) is 6.19. The van der Waals surface area contributed by atoms with Gasteiger partial charge in [-0.25, -0.2) is 23.1 Å². The van der Waals surface area contributed by atoms with Crippen LogP contribution in [0.3, 0.4) is 0 Å². The second-order valence-electron chi connectivity index (χ2n) is 8.71. The Morgan fingerprint density at radius 3 is 2.49 bits per heavy atom. The highest BCUT2D eigenvalue weighted by atomic mass is 19.1. The normalized spacial score (nSPS) is 17.2. The number of anilines is 2. The largest absolute Gasteiger partial charge is 0.453 e. The molecule has 39 heavy (non-hydrogen) atoms. The molecule has 1 aromatic carbocycles. The highest BCUT2D eigenvalue weighted by Gasteiger charge is 2.34. The van der Waals surface area contributed by atoms with Crippen molar-refractivity contribution < 1.29 is 37.4 Å². The van der Waals surface area contributed by atoms with E-state index in [-0.39, 0.29) is 82.0 Å². The Morgan fingerprint density at radius 2 is 1.85 bits per heavy atom. The van der Waals surface area contributed by atoms with E-state index >= 15 is 8.78 Å². The van der Waals surface area contributed by atoms with Crippen molar-refractivity contribution in [3.63, 3.8) is 0 Å². The highest BCUT2D eigenvalue weighted by molar-refractivity contribution is 5.90. The van der Waals surface area contributed by atoms with Crippen LogP contribution in [0.1, 0.15) is 6.42 Å². The molecule has 17 heteroatoms. The molecule has 1 atom stereocenters. The summed E-state index contributed by atoms with van der Waals surface area (Å²) in [4.78, 5) is 52.0. The zero-order valence-electron chi connectivity index (χ0n) is 21.0. The molecule has 0 aliphatic carbocycles. The summed E-state index contributed by atoms with van der Waals surface area (Å²) in [5, 5.41) is 15.5. The molecule has 15 nitrogen and oxygen atoms in total. The number of nitrogens with zero attached hydrogens (tertiary/aromatic N) is 7. The van der Waals surface area contributed by atoms with Gasteiger partial charge in [-0.05, 0) is 10.4 Å². The van der Waals surface area contributed by atoms with E-state index in [9.17, 15) is 19.2 Å². The number of tetrazole rings is 1. The van der Waals surface area contributed by atoms with E-state index in [4.69, 9.17) is 4.74 Å². The van der Waals surface area contributed by atoms with Gasteiger partial charge >= 0.3 is 12.2 Å². The Labute approximate surface area is 221 Å². The number of rotatable bonds is 9. The molecule has 0 radical (unpaired) electrons. The van der Waals surface area contributed by atoms with Crippen LogP contribution in [0.15, 0.2) is 18.5 Å². The summed E-state index contributed by atoms with van der Waals surface area (Å²) in [5.74, 6) is -2.40. The van der Waals surface area contributed by atoms with E-state index in [1.54, 1.807) is 0 Å². The number of methoxy groups -OCH3 is 1. The maximum atomic E-state index is 15.0. The molecule has 0 saturated carbocycles. The van der Waals surface area contributed by atoms with Gasteiger partial charge in [-0.15, -0.1) is 5.10 Å². The number of aromatic nitrogens is 4. The summed E-state index contributed by atoms with van der Waals surface area (Å²) in [6.07, 6.45) is -0.743. The number of piperazine rings is 1. The van der Waals surface area contributed by atoms with Gasteiger partial charge in [0.1, 0.15) is 18.1 Å². The minimum Gasteiger partial charge on any atom is -0.453 e. The average Bonchev–Trinajstić information content (AvgIpc) is 3.58. The first-order valence-corrected chi connectivity index (χ1v) is 12.0. The fourth-order valence-corrected chi connectivity index (χ4v) is 4.17. The average molecular weight is 552 g/mol. The first-order valence-electron chi connectivity index (χ1n) is 12.0. The van der Waals surface area contributed by atoms with Crippen molar-refractivity contribution in [2.24, 2.45) is 0 Å². The van der Waals surface area contributed by atoms with Gasteiger partial charge in [-0.3, -0.25) is 14.5 Å². The van der Waals surface area contributed by atoms with Crippen molar-refractivity contribution in [3.05, 3.63) is 30.1 Å². The lowest BCUT2D eigenvalue weighted by atomic mass is 10.2. The minimum absolute atomic E-state index is 0.0178. The first kappa shape index (κ1) is 27.5. The minimum atomic E-state index is -0.872. The van der Waals surface area contributed by atoms with Gasteiger partial charge in [0.15, 0.2) is 11.6 Å². The van der Waals surface area contributed by atoms with Crippen LogP contribution < -0.4 is 20.4 Å². The molecule has 0 spiro atoms. The standard InChI is InChI=1S/C22H27F2N9O6/c1-38-21(36)26-10-15-12-33(22(37)39-15)14-8-16(23)20(17(24)9-14)31-6-4-30(5-7-31)19(35)11-25-18(34)2-3-32-13-27-28-29-32/h8-9,13,15H,2-7,10-12H2,1H3,(H,25,34)(H,26,36)/t15-/m0/s1. The van der Waals surface area contributed by atoms with Gasteiger partial charge in [0.2, 0.25) is 11.8 Å². The van der Waals surface area contributed by atoms with Crippen LogP contribution in [0.25, 0.3) is 0 Å². The van der Waals surface area contributed by atoms with Crippen molar-refractivity contribution in [1.82, 2.24) is 35.7 Å². The fourth-order valence-electron chi connectivity index (χ4n) is 4.17. The van der Waals surface area contributed by atoms with Crippen LogP contribution in [-0.2, 0) is 25.6 Å². The molecule has 4 rings (SSSR count). The maximum absolute atomic E-state index is 15.0. The van der Waals surface area contributed by atoms with E-state index in [0.717, 1.165) is 17.0 Å². The third-order valence-corrected chi connectivity index (χ3v) is 6.19. The molecule has 2 N–H and O–H groups in total. The summed E-state index contributed by atoms with van der Waals surface area (Å²) in [6.45, 7) is 0.766. The van der Waals surface area contributed by atoms with Gasteiger partial charge in [0, 0.05) is 44.7 Å². The second-order valence-corrected chi connectivity index (χ2v) is 8.71. The number of hydrogen-bond donors (Lipinski definition) is 2. The van der Waals surface area contributed by atoms with Gasteiger partial charge in [-0.1, -0.05) is 0 Å². The highest BCUT2D eigenvalue weighted by Crippen LogP contribution is 2.31. The topological polar surface area (TPSA) is 164 Å². The molecule has 2 aliphatic heterocycles. The van der Waals surface area contributed by atoms with Gasteiger partial charge in [-0.2, -0.15) is 0 Å². The van der Waals surface area contributed by atoms with E-state index in [1.807, 2.05) is 0 Å². The molecular weight excluding hydrogens is 524 g/mol. The van der Waals surface area contributed by atoms with Crippen molar-refractivity contribution in [2.45, 2.75) is 19.1 Å². The van der Waals surface area contributed by atoms with Crippen LogP contribution in [0.5, 0.6) is 0 Å². The number of ether oxygens (including phenoxy) is 2. The van der Waals surface area contributed by atoms with Crippen LogP contribution in [0.4, 0.5) is 29.7 Å². The molecule has 2 aromatic rings. The number of alkyl carbamates (subject to hydrolysis) is 1. The molecular formula is C22H27F2N9O6. The Balaban J connectivity index is 1.27. The number of amides is 4. The Bertz CT molecular complexity index is 1180. The van der Waals surface area contributed by atoms with Crippen molar-refractivity contribution in [2.75, 3.05) is 62.7 Å². The molecule has 3 heterocycles. The lowest BCUT2D eigenvalue weighted by Gasteiger charge is -2.36. The lowest BCUT2D eigenvalue weighted by molar-refractivity contribution is -0.133. The van der Waals surface area contributed by atoms with E-state index < -0.39 is 29.9 Å². The number of nitrogens with one attached hydrogen (secondary N) is 2. The maximum Gasteiger partial charge on any atom is 0.414 e. The molecule has 2 saturated heterocycles. The smallest absolute Gasteiger partial charge is 0.414 e. The summed E-state index contributed by atoms with van der Waals surface area (Å²) in [7, 11) is 1.19. The fraction of sp³-hybridized carbons (Fsp3) is 0.500. The molecule has 2 fully saturated rings. The molecule has 0 unspecified atom stereocenters. The van der Waals surface area contributed by atoms with E-state index in [1.165, 1.54) is 27.9 Å². The Hall–Kier alpha value is -4.57. The summed E-state index contributed by atoms with van der Waals surface area (Å²) in [5.41, 5.74) is -0.290. The summed E-state index contributed by atoms with van der Waals surface area (Å²) in [6, 6.07) is 2.08. The Kier molecular flexibility index (Phi) is 8.67. The van der Waals surface area contributed by atoms with E-state index in [2.05, 4.69) is 30.9 Å². The van der Waals surface area contributed by atoms with Crippen LogP contribution in [0, 0.1) is 11.6 Å².